The van der Waals surface area contributed by atoms with Crippen molar-refractivity contribution in [1.82, 2.24) is 0 Å². The third-order valence-corrected chi connectivity index (χ3v) is 2.02. The Morgan fingerprint density at radius 2 is 2.25 bits per heavy atom. The number of methoxy groups -OCH3 is 1. The third kappa shape index (κ3) is 2.49. The molecule has 0 fully saturated rings. The van der Waals surface area contributed by atoms with Gasteiger partial charge in [0.25, 0.3) is 0 Å². The van der Waals surface area contributed by atoms with Gasteiger partial charge in [-0.05, 0) is 13.0 Å². The standard InChI is InChI=1S/C11H13FO4/c1-3-16-11(14)10(13)7-5-4-6-8(15-2)9(7)12/h4-6,10,13H,3H2,1-2H3/t10-/m1/s1. The fourth-order valence-electron chi connectivity index (χ4n) is 1.24. The number of halogens is 1. The molecule has 1 aromatic rings. The fourth-order valence-corrected chi connectivity index (χ4v) is 1.24. The molecule has 0 amide bonds. The largest absolute Gasteiger partial charge is 0.494 e. The van der Waals surface area contributed by atoms with E-state index < -0.39 is 17.9 Å². The van der Waals surface area contributed by atoms with Gasteiger partial charge >= 0.3 is 5.97 Å². The zero-order chi connectivity index (χ0) is 12.1. The van der Waals surface area contributed by atoms with Crippen LogP contribution in [0.4, 0.5) is 4.39 Å². The van der Waals surface area contributed by atoms with Crippen LogP contribution in [0.5, 0.6) is 5.75 Å². The van der Waals surface area contributed by atoms with E-state index in [1.807, 2.05) is 0 Å². The van der Waals surface area contributed by atoms with E-state index in [0.717, 1.165) is 0 Å². The Kier molecular flexibility index (Phi) is 4.25. The quantitative estimate of drug-likeness (QED) is 0.792. The topological polar surface area (TPSA) is 55.8 Å². The number of aliphatic hydroxyl groups is 1. The van der Waals surface area contributed by atoms with Gasteiger partial charge in [0.05, 0.1) is 13.7 Å². The highest BCUT2D eigenvalue weighted by Gasteiger charge is 2.23. The second-order valence-electron chi connectivity index (χ2n) is 3.02. The molecule has 5 heteroatoms. The Labute approximate surface area is 92.6 Å². The molecule has 88 valence electrons. The van der Waals surface area contributed by atoms with Gasteiger partial charge in [-0.15, -0.1) is 0 Å². The Hall–Kier alpha value is -1.62. The molecule has 0 aliphatic heterocycles. The summed E-state index contributed by atoms with van der Waals surface area (Å²) in [5, 5.41) is 9.55. The lowest BCUT2D eigenvalue weighted by Gasteiger charge is -2.12. The number of hydrogen-bond acceptors (Lipinski definition) is 4. The summed E-state index contributed by atoms with van der Waals surface area (Å²) in [7, 11) is 1.30. The van der Waals surface area contributed by atoms with Crippen molar-refractivity contribution in [2.75, 3.05) is 13.7 Å². The zero-order valence-corrected chi connectivity index (χ0v) is 9.07. The number of carbonyl (C=O) groups excluding carboxylic acids is 1. The lowest BCUT2D eigenvalue weighted by molar-refractivity contribution is -0.153. The number of ether oxygens (including phenoxy) is 2. The summed E-state index contributed by atoms with van der Waals surface area (Å²) in [6.07, 6.45) is -1.63. The van der Waals surface area contributed by atoms with Crippen molar-refractivity contribution in [3.05, 3.63) is 29.6 Å². The van der Waals surface area contributed by atoms with Gasteiger partial charge in [0.1, 0.15) is 0 Å². The minimum atomic E-state index is -1.63. The molecule has 1 atom stereocenters. The summed E-state index contributed by atoms with van der Waals surface area (Å²) in [6.45, 7) is 1.73. The molecular formula is C11H13FO4. The number of esters is 1. The van der Waals surface area contributed by atoms with Crippen molar-refractivity contribution in [3.63, 3.8) is 0 Å². The summed E-state index contributed by atoms with van der Waals surface area (Å²) in [4.78, 5) is 11.2. The zero-order valence-electron chi connectivity index (χ0n) is 9.07. The number of carbonyl (C=O) groups is 1. The van der Waals surface area contributed by atoms with Crippen LogP contribution in [0.25, 0.3) is 0 Å². The van der Waals surface area contributed by atoms with Crippen LogP contribution < -0.4 is 4.74 Å². The highest BCUT2D eigenvalue weighted by molar-refractivity contribution is 5.76. The van der Waals surface area contributed by atoms with Crippen molar-refractivity contribution in [2.24, 2.45) is 0 Å². The van der Waals surface area contributed by atoms with E-state index in [4.69, 9.17) is 4.74 Å². The molecule has 0 heterocycles. The Balaban J connectivity index is 2.99. The number of aliphatic hydroxyl groups excluding tert-OH is 1. The van der Waals surface area contributed by atoms with Crippen molar-refractivity contribution < 1.29 is 23.8 Å². The van der Waals surface area contributed by atoms with Crippen molar-refractivity contribution in [1.29, 1.82) is 0 Å². The molecular weight excluding hydrogens is 215 g/mol. The number of benzene rings is 1. The van der Waals surface area contributed by atoms with Gasteiger partial charge in [0.15, 0.2) is 17.7 Å². The van der Waals surface area contributed by atoms with Crippen LogP contribution in [0.15, 0.2) is 18.2 Å². The maximum atomic E-state index is 13.6. The minimum Gasteiger partial charge on any atom is -0.494 e. The van der Waals surface area contributed by atoms with Crippen molar-refractivity contribution in [2.45, 2.75) is 13.0 Å². The van der Waals surface area contributed by atoms with Crippen LogP contribution >= 0.6 is 0 Å². The van der Waals surface area contributed by atoms with E-state index in [2.05, 4.69) is 4.74 Å². The van der Waals surface area contributed by atoms with Gasteiger partial charge in [-0.2, -0.15) is 0 Å². The molecule has 0 saturated heterocycles. The minimum absolute atomic E-state index is 0.0270. The van der Waals surface area contributed by atoms with E-state index in [1.54, 1.807) is 6.92 Å². The Morgan fingerprint density at radius 1 is 1.56 bits per heavy atom. The van der Waals surface area contributed by atoms with Crippen LogP contribution in [0.2, 0.25) is 0 Å². The van der Waals surface area contributed by atoms with E-state index >= 15 is 0 Å². The molecule has 0 aliphatic rings. The second-order valence-corrected chi connectivity index (χ2v) is 3.02. The molecule has 0 aromatic heterocycles. The maximum absolute atomic E-state index is 13.6. The first-order chi connectivity index (χ1) is 7.61. The molecule has 0 unspecified atom stereocenters. The summed E-state index contributed by atoms with van der Waals surface area (Å²) < 4.78 is 23.0. The van der Waals surface area contributed by atoms with Gasteiger partial charge in [0.2, 0.25) is 0 Å². The molecule has 16 heavy (non-hydrogen) atoms. The summed E-state index contributed by atoms with van der Waals surface area (Å²) in [5.74, 6) is -1.67. The molecule has 0 saturated carbocycles. The summed E-state index contributed by atoms with van der Waals surface area (Å²) in [6, 6.07) is 4.19. The summed E-state index contributed by atoms with van der Waals surface area (Å²) >= 11 is 0. The number of hydrogen-bond donors (Lipinski definition) is 1. The van der Waals surface area contributed by atoms with E-state index in [-0.39, 0.29) is 17.9 Å². The van der Waals surface area contributed by atoms with Gasteiger partial charge in [0, 0.05) is 5.56 Å². The van der Waals surface area contributed by atoms with Crippen LogP contribution in [0.3, 0.4) is 0 Å². The van der Waals surface area contributed by atoms with Gasteiger partial charge in [-0.1, -0.05) is 12.1 Å². The van der Waals surface area contributed by atoms with Crippen LogP contribution in [-0.4, -0.2) is 24.8 Å². The van der Waals surface area contributed by atoms with Gasteiger partial charge < -0.3 is 14.6 Å². The SMILES string of the molecule is CCOC(=O)[C@H](O)c1cccc(OC)c1F. The van der Waals surface area contributed by atoms with Crippen LogP contribution in [0.1, 0.15) is 18.6 Å². The lowest BCUT2D eigenvalue weighted by atomic mass is 10.1. The summed E-state index contributed by atoms with van der Waals surface area (Å²) in [5.41, 5.74) is -0.155. The smallest absolute Gasteiger partial charge is 0.339 e. The highest BCUT2D eigenvalue weighted by Crippen LogP contribution is 2.25. The third-order valence-electron chi connectivity index (χ3n) is 2.02. The predicted molar refractivity (Wildman–Crippen MR) is 54.5 cm³/mol. The van der Waals surface area contributed by atoms with Crippen molar-refractivity contribution in [3.8, 4) is 5.75 Å². The van der Waals surface area contributed by atoms with Crippen LogP contribution in [-0.2, 0) is 9.53 Å². The van der Waals surface area contributed by atoms with E-state index in [1.165, 1.54) is 25.3 Å². The average molecular weight is 228 g/mol. The predicted octanol–water partition coefficient (Wildman–Crippen LogP) is 1.43. The monoisotopic (exact) mass is 228 g/mol. The molecule has 0 spiro atoms. The van der Waals surface area contributed by atoms with E-state index in [9.17, 15) is 14.3 Å². The van der Waals surface area contributed by atoms with Gasteiger partial charge in [-0.3, -0.25) is 0 Å². The molecule has 0 aliphatic carbocycles. The van der Waals surface area contributed by atoms with Gasteiger partial charge in [-0.25, -0.2) is 9.18 Å². The molecule has 1 rings (SSSR count). The normalized spacial score (nSPS) is 12.0. The molecule has 0 radical (unpaired) electrons. The molecule has 1 N–H and O–H groups in total. The van der Waals surface area contributed by atoms with Crippen molar-refractivity contribution >= 4 is 5.97 Å². The fraction of sp³-hybridized carbons (Fsp3) is 0.364. The first kappa shape index (κ1) is 12.4. The lowest BCUT2D eigenvalue weighted by Crippen LogP contribution is -2.16. The maximum Gasteiger partial charge on any atom is 0.339 e. The number of rotatable bonds is 4. The molecule has 0 bridgehead atoms. The Bertz CT molecular complexity index is 378. The second kappa shape index (κ2) is 5.46. The highest BCUT2D eigenvalue weighted by atomic mass is 19.1. The van der Waals surface area contributed by atoms with E-state index in [0.29, 0.717) is 0 Å². The first-order valence-electron chi connectivity index (χ1n) is 4.78. The average Bonchev–Trinajstić information content (AvgIpc) is 2.29. The molecule has 1 aromatic carbocycles. The molecule has 4 nitrogen and oxygen atoms in total. The first-order valence-corrected chi connectivity index (χ1v) is 4.78. The Morgan fingerprint density at radius 3 is 2.81 bits per heavy atom. The van der Waals surface area contributed by atoms with Crippen LogP contribution in [0, 0.1) is 5.82 Å².